The Kier molecular flexibility index (Phi) is 6.78. The predicted octanol–water partition coefficient (Wildman–Crippen LogP) is 5.08. The van der Waals surface area contributed by atoms with Gasteiger partial charge >= 0.3 is 0 Å². The second kappa shape index (κ2) is 8.84. The zero-order valence-corrected chi connectivity index (χ0v) is 16.2. The molecular weight excluding hydrogens is 329 g/mol. The van der Waals surface area contributed by atoms with Crippen molar-refractivity contribution in [3.63, 3.8) is 0 Å². The summed E-state index contributed by atoms with van der Waals surface area (Å²) >= 11 is 0. The predicted molar refractivity (Wildman–Crippen MR) is 103 cm³/mol. The number of carbonyl (C=O) groups excluding carboxylic acids is 1. The number of halogens is 1. The number of nitrogens with one attached hydrogen (secondary N) is 1. The Balaban J connectivity index is 2.04. The zero-order valence-electron chi connectivity index (χ0n) is 16.2. The lowest BCUT2D eigenvalue weighted by Crippen LogP contribution is -2.27. The van der Waals surface area contributed by atoms with Gasteiger partial charge in [0, 0.05) is 6.42 Å². The van der Waals surface area contributed by atoms with E-state index in [0.717, 1.165) is 28.0 Å². The average molecular weight is 357 g/mol. The molecule has 26 heavy (non-hydrogen) atoms. The van der Waals surface area contributed by atoms with Gasteiger partial charge < -0.3 is 10.1 Å². The van der Waals surface area contributed by atoms with Gasteiger partial charge in [-0.1, -0.05) is 26.0 Å². The van der Waals surface area contributed by atoms with E-state index in [9.17, 15) is 9.18 Å². The fourth-order valence-electron chi connectivity index (χ4n) is 3.11. The molecule has 4 heteroatoms. The van der Waals surface area contributed by atoms with Gasteiger partial charge in [0.1, 0.15) is 11.6 Å². The van der Waals surface area contributed by atoms with Gasteiger partial charge in [-0.25, -0.2) is 4.39 Å². The van der Waals surface area contributed by atoms with E-state index in [1.165, 1.54) is 12.1 Å². The molecule has 2 rings (SSSR count). The minimum atomic E-state index is -0.261. The normalized spacial score (nSPS) is 12.1. The van der Waals surface area contributed by atoms with Crippen LogP contribution in [-0.4, -0.2) is 13.0 Å². The Bertz CT molecular complexity index is 753. The van der Waals surface area contributed by atoms with Gasteiger partial charge in [-0.15, -0.1) is 0 Å². The van der Waals surface area contributed by atoms with Crippen molar-refractivity contribution in [1.82, 2.24) is 5.32 Å². The molecule has 0 saturated heterocycles. The number of aryl methyl sites for hydroxylation is 2. The van der Waals surface area contributed by atoms with E-state index in [1.807, 2.05) is 19.9 Å². The van der Waals surface area contributed by atoms with Crippen LogP contribution in [0.25, 0.3) is 0 Å². The molecule has 2 aromatic rings. The van der Waals surface area contributed by atoms with Crippen LogP contribution in [0.3, 0.4) is 0 Å². The number of hydrogen-bond acceptors (Lipinski definition) is 2. The number of carbonyl (C=O) groups is 1. The van der Waals surface area contributed by atoms with Gasteiger partial charge in [0.25, 0.3) is 0 Å². The number of methoxy groups -OCH3 is 1. The Labute approximate surface area is 155 Å². The lowest BCUT2D eigenvalue weighted by molar-refractivity contribution is -0.121. The summed E-state index contributed by atoms with van der Waals surface area (Å²) in [7, 11) is 1.68. The Hall–Kier alpha value is -2.36. The van der Waals surface area contributed by atoms with Gasteiger partial charge in [-0.2, -0.15) is 0 Å². The van der Waals surface area contributed by atoms with Crippen molar-refractivity contribution in [3.8, 4) is 5.75 Å². The van der Waals surface area contributed by atoms with E-state index in [2.05, 4.69) is 25.2 Å². The highest BCUT2D eigenvalue weighted by Crippen LogP contribution is 2.32. The van der Waals surface area contributed by atoms with Crippen LogP contribution in [0.15, 0.2) is 36.4 Å². The second-order valence-electron chi connectivity index (χ2n) is 7.02. The molecule has 0 aliphatic rings. The molecule has 1 N–H and O–H groups in total. The molecule has 0 spiro atoms. The van der Waals surface area contributed by atoms with E-state index < -0.39 is 0 Å². The molecule has 1 atom stereocenters. The number of ether oxygens (including phenoxy) is 1. The molecule has 0 fully saturated rings. The summed E-state index contributed by atoms with van der Waals surface area (Å²) < 4.78 is 18.4. The first-order chi connectivity index (χ1) is 12.3. The second-order valence-corrected chi connectivity index (χ2v) is 7.02. The molecule has 0 heterocycles. The molecule has 0 aromatic heterocycles. The highest BCUT2D eigenvalue weighted by Gasteiger charge is 2.16. The third-order valence-corrected chi connectivity index (χ3v) is 4.64. The molecule has 0 aliphatic carbocycles. The van der Waals surface area contributed by atoms with Gasteiger partial charge in [-0.05, 0) is 72.7 Å². The number of hydrogen-bond donors (Lipinski definition) is 1. The van der Waals surface area contributed by atoms with Crippen molar-refractivity contribution in [3.05, 3.63) is 64.5 Å². The smallest absolute Gasteiger partial charge is 0.220 e. The van der Waals surface area contributed by atoms with Crippen LogP contribution < -0.4 is 10.1 Å². The van der Waals surface area contributed by atoms with Crippen LogP contribution in [-0.2, 0) is 11.2 Å². The SMILES string of the molecule is COc1cc(C)c([C@@H](C)NC(=O)CCc2ccc(F)cc2)cc1C(C)C. The van der Waals surface area contributed by atoms with Crippen LogP contribution in [0.2, 0.25) is 0 Å². The Morgan fingerprint density at radius 3 is 2.35 bits per heavy atom. The minimum Gasteiger partial charge on any atom is -0.496 e. The standard InChI is InChI=1S/C22H28FNO2/c1-14(2)19-13-20(15(3)12-21(19)26-5)16(4)24-22(25)11-8-17-6-9-18(23)10-7-17/h6-7,9-10,12-14,16H,8,11H2,1-5H3,(H,24,25)/t16-/m1/s1. The van der Waals surface area contributed by atoms with Crippen LogP contribution in [0, 0.1) is 12.7 Å². The minimum absolute atomic E-state index is 0.0110. The van der Waals surface area contributed by atoms with Crippen molar-refractivity contribution in [1.29, 1.82) is 0 Å². The molecule has 140 valence electrons. The maximum absolute atomic E-state index is 12.9. The van der Waals surface area contributed by atoms with Crippen molar-refractivity contribution < 1.29 is 13.9 Å². The van der Waals surface area contributed by atoms with E-state index in [4.69, 9.17) is 4.74 Å². The topological polar surface area (TPSA) is 38.3 Å². The van der Waals surface area contributed by atoms with Gasteiger partial charge in [0.15, 0.2) is 0 Å². The summed E-state index contributed by atoms with van der Waals surface area (Å²) in [5.41, 5.74) is 4.29. The Morgan fingerprint density at radius 1 is 1.12 bits per heavy atom. The lowest BCUT2D eigenvalue weighted by atomic mass is 9.93. The summed E-state index contributed by atoms with van der Waals surface area (Å²) in [6, 6.07) is 10.4. The summed E-state index contributed by atoms with van der Waals surface area (Å²) in [6.45, 7) is 8.28. The van der Waals surface area contributed by atoms with Gasteiger partial charge in [0.2, 0.25) is 5.91 Å². The van der Waals surface area contributed by atoms with Crippen molar-refractivity contribution in [2.24, 2.45) is 0 Å². The van der Waals surface area contributed by atoms with Crippen molar-refractivity contribution in [2.45, 2.75) is 52.5 Å². The van der Waals surface area contributed by atoms with Crippen molar-refractivity contribution >= 4 is 5.91 Å². The Morgan fingerprint density at radius 2 is 1.77 bits per heavy atom. The fourth-order valence-corrected chi connectivity index (χ4v) is 3.11. The third kappa shape index (κ3) is 5.07. The summed E-state index contributed by atoms with van der Waals surface area (Å²) in [6.07, 6.45) is 0.972. The molecular formula is C22H28FNO2. The van der Waals surface area contributed by atoms with Crippen LogP contribution >= 0.6 is 0 Å². The molecule has 0 aliphatic heterocycles. The highest BCUT2D eigenvalue weighted by molar-refractivity contribution is 5.76. The monoisotopic (exact) mass is 357 g/mol. The van der Waals surface area contributed by atoms with Crippen molar-refractivity contribution in [2.75, 3.05) is 7.11 Å². The van der Waals surface area contributed by atoms with Gasteiger partial charge in [-0.3, -0.25) is 4.79 Å². The van der Waals surface area contributed by atoms with Crippen LogP contribution in [0.1, 0.15) is 61.4 Å². The molecule has 3 nitrogen and oxygen atoms in total. The third-order valence-electron chi connectivity index (χ3n) is 4.64. The molecule has 0 radical (unpaired) electrons. The molecule has 1 amide bonds. The lowest BCUT2D eigenvalue weighted by Gasteiger charge is -2.21. The van der Waals surface area contributed by atoms with E-state index in [0.29, 0.717) is 18.8 Å². The summed E-state index contributed by atoms with van der Waals surface area (Å²) in [4.78, 5) is 12.3. The maximum atomic E-state index is 12.9. The molecule has 0 unspecified atom stereocenters. The molecule has 0 saturated carbocycles. The molecule has 0 bridgehead atoms. The number of rotatable bonds is 7. The van der Waals surface area contributed by atoms with E-state index in [1.54, 1.807) is 19.2 Å². The van der Waals surface area contributed by atoms with E-state index in [-0.39, 0.29) is 17.8 Å². The summed E-state index contributed by atoms with van der Waals surface area (Å²) in [5.74, 6) is 0.952. The zero-order chi connectivity index (χ0) is 19.3. The first-order valence-electron chi connectivity index (χ1n) is 9.04. The quantitative estimate of drug-likeness (QED) is 0.751. The maximum Gasteiger partial charge on any atom is 0.220 e. The summed E-state index contributed by atoms with van der Waals surface area (Å²) in [5, 5.41) is 3.07. The first kappa shape index (κ1) is 20.0. The largest absolute Gasteiger partial charge is 0.496 e. The highest BCUT2D eigenvalue weighted by atomic mass is 19.1. The fraction of sp³-hybridized carbons (Fsp3) is 0.409. The number of amides is 1. The molecule has 2 aromatic carbocycles. The van der Waals surface area contributed by atoms with Crippen LogP contribution in [0.4, 0.5) is 4.39 Å². The van der Waals surface area contributed by atoms with Crippen LogP contribution in [0.5, 0.6) is 5.75 Å². The van der Waals surface area contributed by atoms with E-state index >= 15 is 0 Å². The average Bonchev–Trinajstić information content (AvgIpc) is 2.60. The first-order valence-corrected chi connectivity index (χ1v) is 9.04. The van der Waals surface area contributed by atoms with Gasteiger partial charge in [0.05, 0.1) is 13.2 Å². The number of benzene rings is 2.